The van der Waals surface area contributed by atoms with Gasteiger partial charge >= 0.3 is 0 Å². The molecule has 5 nitrogen and oxygen atoms in total. The van der Waals surface area contributed by atoms with E-state index in [1.54, 1.807) is 42.6 Å². The number of pyridine rings is 1. The first-order chi connectivity index (χ1) is 9.06. The van der Waals surface area contributed by atoms with Crippen LogP contribution in [0.3, 0.4) is 0 Å². The second-order valence-electron chi connectivity index (χ2n) is 3.73. The molecule has 0 fully saturated rings. The van der Waals surface area contributed by atoms with E-state index in [9.17, 15) is 4.79 Å². The van der Waals surface area contributed by atoms with Gasteiger partial charge in [0.1, 0.15) is 22.2 Å². The van der Waals surface area contributed by atoms with Crippen LogP contribution in [-0.4, -0.2) is 15.9 Å². The monoisotopic (exact) mass is 273 g/mol. The van der Waals surface area contributed by atoms with Gasteiger partial charge in [-0.3, -0.25) is 9.78 Å². The van der Waals surface area contributed by atoms with Crippen LogP contribution < -0.4 is 16.2 Å². The summed E-state index contributed by atoms with van der Waals surface area (Å²) in [5, 5.41) is 0. The first-order valence-electron chi connectivity index (χ1n) is 5.40. The van der Waals surface area contributed by atoms with Gasteiger partial charge in [-0.1, -0.05) is 12.2 Å². The molecule has 96 valence electrons. The third-order valence-electron chi connectivity index (χ3n) is 2.36. The van der Waals surface area contributed by atoms with Crippen molar-refractivity contribution in [3.63, 3.8) is 0 Å². The molecular weight excluding hydrogens is 262 g/mol. The number of aromatic nitrogens is 1. The molecule has 0 saturated carbocycles. The number of carbonyl (C=O) groups is 1. The van der Waals surface area contributed by atoms with Gasteiger partial charge in [-0.15, -0.1) is 0 Å². The first-order valence-corrected chi connectivity index (χ1v) is 5.80. The molecule has 0 aliphatic carbocycles. The zero-order valence-electron chi connectivity index (χ0n) is 9.87. The third-order valence-corrected chi connectivity index (χ3v) is 2.57. The van der Waals surface area contributed by atoms with E-state index in [0.29, 0.717) is 22.8 Å². The quantitative estimate of drug-likeness (QED) is 0.826. The van der Waals surface area contributed by atoms with E-state index >= 15 is 0 Å². The molecule has 1 aromatic carbocycles. The molecule has 1 aromatic heterocycles. The number of ether oxygens (including phenoxy) is 1. The van der Waals surface area contributed by atoms with E-state index in [2.05, 4.69) is 4.98 Å². The van der Waals surface area contributed by atoms with Crippen LogP contribution in [0.1, 0.15) is 16.1 Å². The minimum atomic E-state index is -0.480. The molecule has 0 spiro atoms. The average Bonchev–Trinajstić information content (AvgIpc) is 2.39. The molecule has 4 N–H and O–H groups in total. The van der Waals surface area contributed by atoms with Crippen LogP contribution in [-0.2, 0) is 0 Å². The summed E-state index contributed by atoms with van der Waals surface area (Å²) in [4.78, 5) is 15.1. The minimum absolute atomic E-state index is 0.203. The van der Waals surface area contributed by atoms with Gasteiger partial charge < -0.3 is 16.2 Å². The number of nitrogens with zero attached hydrogens (tertiary/aromatic N) is 1. The number of hydrogen-bond acceptors (Lipinski definition) is 4. The predicted octanol–water partition coefficient (Wildman–Crippen LogP) is 1.61. The summed E-state index contributed by atoms with van der Waals surface area (Å²) in [5.74, 6) is 0.654. The summed E-state index contributed by atoms with van der Waals surface area (Å²) in [5.41, 5.74) is 11.6. The van der Waals surface area contributed by atoms with E-state index in [1.165, 1.54) is 0 Å². The Morgan fingerprint density at radius 2 is 1.79 bits per heavy atom. The molecule has 0 aliphatic rings. The third kappa shape index (κ3) is 3.26. The van der Waals surface area contributed by atoms with Crippen LogP contribution in [0.15, 0.2) is 42.6 Å². The highest BCUT2D eigenvalue weighted by molar-refractivity contribution is 7.80. The molecule has 19 heavy (non-hydrogen) atoms. The topological polar surface area (TPSA) is 91.2 Å². The molecule has 6 heteroatoms. The van der Waals surface area contributed by atoms with Crippen LogP contribution in [0.4, 0.5) is 0 Å². The molecule has 2 rings (SSSR count). The van der Waals surface area contributed by atoms with Crippen molar-refractivity contribution in [2.45, 2.75) is 0 Å². The number of primary amides is 1. The molecule has 0 radical (unpaired) electrons. The number of hydrogen-bond donors (Lipinski definition) is 2. The van der Waals surface area contributed by atoms with Crippen LogP contribution in [0.25, 0.3) is 0 Å². The van der Waals surface area contributed by atoms with E-state index in [1.807, 2.05) is 0 Å². The molecule has 0 atom stereocenters. The Morgan fingerprint density at radius 3 is 2.37 bits per heavy atom. The van der Waals surface area contributed by atoms with Crippen LogP contribution in [0.5, 0.6) is 11.5 Å². The molecule has 1 amide bonds. The largest absolute Gasteiger partial charge is 0.457 e. The van der Waals surface area contributed by atoms with Gasteiger partial charge in [0, 0.05) is 17.8 Å². The van der Waals surface area contributed by atoms with Crippen molar-refractivity contribution in [2.75, 3.05) is 0 Å². The Bertz CT molecular complexity index is 626. The second-order valence-corrected chi connectivity index (χ2v) is 4.17. The van der Waals surface area contributed by atoms with Gasteiger partial charge in [0.05, 0.1) is 0 Å². The summed E-state index contributed by atoms with van der Waals surface area (Å²) in [7, 11) is 0. The predicted molar refractivity (Wildman–Crippen MR) is 75.2 cm³/mol. The summed E-state index contributed by atoms with van der Waals surface area (Å²) in [6.07, 6.45) is 1.56. The Balaban J connectivity index is 2.19. The molecule has 0 unspecified atom stereocenters. The van der Waals surface area contributed by atoms with Crippen molar-refractivity contribution in [1.29, 1.82) is 0 Å². The maximum absolute atomic E-state index is 10.9. The van der Waals surface area contributed by atoms with Crippen molar-refractivity contribution >= 4 is 23.1 Å². The van der Waals surface area contributed by atoms with Gasteiger partial charge in [0.25, 0.3) is 0 Å². The van der Waals surface area contributed by atoms with Gasteiger partial charge in [-0.05, 0) is 30.3 Å². The fraction of sp³-hybridized carbons (Fsp3) is 0. The molecule has 2 aromatic rings. The lowest BCUT2D eigenvalue weighted by atomic mass is 10.2. The SMILES string of the molecule is NC(=O)c1ccc(Oc2ccnc(C(N)=S)c2)cc1. The van der Waals surface area contributed by atoms with Gasteiger partial charge in [0.15, 0.2) is 0 Å². The Morgan fingerprint density at radius 1 is 1.11 bits per heavy atom. The Hall–Kier alpha value is -2.47. The van der Waals surface area contributed by atoms with Crippen LogP contribution in [0, 0.1) is 0 Å². The lowest BCUT2D eigenvalue weighted by molar-refractivity contribution is 0.100. The number of rotatable bonds is 4. The van der Waals surface area contributed by atoms with Crippen molar-refractivity contribution in [2.24, 2.45) is 11.5 Å². The van der Waals surface area contributed by atoms with Crippen molar-refractivity contribution in [3.8, 4) is 11.5 Å². The maximum Gasteiger partial charge on any atom is 0.248 e. The number of benzene rings is 1. The summed E-state index contributed by atoms with van der Waals surface area (Å²) >= 11 is 4.84. The lowest BCUT2D eigenvalue weighted by Gasteiger charge is -2.07. The number of amides is 1. The standard InChI is InChI=1S/C13H11N3O2S/c14-12(17)8-1-3-9(4-2-8)18-10-5-6-16-11(7-10)13(15)19/h1-7H,(H2,14,17)(H2,15,19). The fourth-order valence-electron chi connectivity index (χ4n) is 1.43. The van der Waals surface area contributed by atoms with Gasteiger partial charge in [0.2, 0.25) is 5.91 Å². The highest BCUT2D eigenvalue weighted by Crippen LogP contribution is 2.21. The van der Waals surface area contributed by atoms with Gasteiger partial charge in [-0.25, -0.2) is 0 Å². The zero-order valence-corrected chi connectivity index (χ0v) is 10.7. The normalized spacial score (nSPS) is 9.89. The van der Waals surface area contributed by atoms with Crippen LogP contribution >= 0.6 is 12.2 Å². The van der Waals surface area contributed by atoms with Crippen LogP contribution in [0.2, 0.25) is 0 Å². The van der Waals surface area contributed by atoms with E-state index < -0.39 is 5.91 Å². The maximum atomic E-state index is 10.9. The summed E-state index contributed by atoms with van der Waals surface area (Å²) in [6, 6.07) is 9.82. The zero-order chi connectivity index (χ0) is 13.8. The lowest BCUT2D eigenvalue weighted by Crippen LogP contribution is -2.11. The second kappa shape index (κ2) is 5.45. The van der Waals surface area contributed by atoms with Gasteiger partial charge in [-0.2, -0.15) is 0 Å². The Kier molecular flexibility index (Phi) is 3.72. The molecule has 0 aliphatic heterocycles. The average molecular weight is 273 g/mol. The number of thiocarbonyl (C=S) groups is 1. The minimum Gasteiger partial charge on any atom is -0.457 e. The molecule has 1 heterocycles. The Labute approximate surface area is 115 Å². The van der Waals surface area contributed by atoms with E-state index in [-0.39, 0.29) is 4.99 Å². The van der Waals surface area contributed by atoms with Crippen molar-refractivity contribution in [1.82, 2.24) is 4.98 Å². The summed E-state index contributed by atoms with van der Waals surface area (Å²) < 4.78 is 5.60. The van der Waals surface area contributed by atoms with Crippen molar-refractivity contribution in [3.05, 3.63) is 53.9 Å². The summed E-state index contributed by atoms with van der Waals surface area (Å²) in [6.45, 7) is 0. The smallest absolute Gasteiger partial charge is 0.248 e. The molecular formula is C13H11N3O2S. The fourth-order valence-corrected chi connectivity index (χ4v) is 1.54. The molecule has 0 bridgehead atoms. The number of carbonyl (C=O) groups excluding carboxylic acids is 1. The van der Waals surface area contributed by atoms with Crippen molar-refractivity contribution < 1.29 is 9.53 Å². The number of nitrogens with two attached hydrogens (primary N) is 2. The molecule has 0 saturated heterocycles. The van der Waals surface area contributed by atoms with E-state index in [0.717, 1.165) is 0 Å². The highest BCUT2D eigenvalue weighted by Gasteiger charge is 2.04. The highest BCUT2D eigenvalue weighted by atomic mass is 32.1. The first kappa shape index (κ1) is 13.0. The van der Waals surface area contributed by atoms with E-state index in [4.69, 9.17) is 28.4 Å².